The number of nitrogens with zero attached hydrogens (tertiary/aromatic N) is 1. The molecule has 1 aromatic carbocycles. The van der Waals surface area contributed by atoms with E-state index in [-0.39, 0.29) is 5.97 Å². The summed E-state index contributed by atoms with van der Waals surface area (Å²) in [6.07, 6.45) is 0. The molecule has 0 spiro atoms. The summed E-state index contributed by atoms with van der Waals surface area (Å²) in [6, 6.07) is 2.01. The minimum absolute atomic E-state index is 0.338. The predicted molar refractivity (Wildman–Crippen MR) is 81.1 cm³/mol. The molecule has 4 nitrogen and oxygen atoms in total. The van der Waals surface area contributed by atoms with E-state index in [2.05, 4.69) is 4.98 Å². The van der Waals surface area contributed by atoms with Gasteiger partial charge in [0.25, 0.3) is 0 Å². The van der Waals surface area contributed by atoms with Gasteiger partial charge in [-0.3, -0.25) is 4.98 Å². The molecule has 4 heteroatoms. The number of rotatable bonds is 2. The van der Waals surface area contributed by atoms with Crippen LogP contribution in [0, 0.1) is 27.7 Å². The van der Waals surface area contributed by atoms with Crippen LogP contribution in [0.1, 0.15) is 39.7 Å². The van der Waals surface area contributed by atoms with Gasteiger partial charge in [0.1, 0.15) is 0 Å². The van der Waals surface area contributed by atoms with Crippen LogP contribution in [0.25, 0.3) is 10.9 Å². The SMILES string of the molecule is CCOC(=O)c1c(C)nc2cc(C)c(C)c(N)c2c1C. The number of carbonyl (C=O) groups is 1. The number of nitrogen functional groups attached to an aromatic ring is 1. The smallest absolute Gasteiger partial charge is 0.340 e. The van der Waals surface area contributed by atoms with E-state index < -0.39 is 0 Å². The van der Waals surface area contributed by atoms with Crippen molar-refractivity contribution in [3.63, 3.8) is 0 Å². The lowest BCUT2D eigenvalue weighted by molar-refractivity contribution is 0.0524. The summed E-state index contributed by atoms with van der Waals surface area (Å²) in [7, 11) is 0. The molecule has 0 saturated heterocycles. The van der Waals surface area contributed by atoms with Crippen LogP contribution in [-0.4, -0.2) is 17.6 Å². The van der Waals surface area contributed by atoms with Crippen LogP contribution in [0.15, 0.2) is 6.07 Å². The Balaban J connectivity index is 2.84. The Morgan fingerprint density at radius 2 is 1.90 bits per heavy atom. The molecule has 2 rings (SSSR count). The lowest BCUT2D eigenvalue weighted by atomic mass is 9.96. The topological polar surface area (TPSA) is 65.2 Å². The monoisotopic (exact) mass is 272 g/mol. The fraction of sp³-hybridized carbons (Fsp3) is 0.375. The normalized spacial score (nSPS) is 10.8. The largest absolute Gasteiger partial charge is 0.462 e. The molecule has 0 radical (unpaired) electrons. The summed E-state index contributed by atoms with van der Waals surface area (Å²) in [4.78, 5) is 16.6. The number of aryl methyl sites for hydroxylation is 3. The molecule has 1 aromatic heterocycles. The zero-order valence-corrected chi connectivity index (χ0v) is 12.6. The second-order valence-electron chi connectivity index (χ2n) is 5.04. The van der Waals surface area contributed by atoms with Gasteiger partial charge in [-0.2, -0.15) is 0 Å². The highest BCUT2D eigenvalue weighted by atomic mass is 16.5. The summed E-state index contributed by atoms with van der Waals surface area (Å²) < 4.78 is 5.11. The van der Waals surface area contributed by atoms with Gasteiger partial charge >= 0.3 is 5.97 Å². The maximum Gasteiger partial charge on any atom is 0.340 e. The van der Waals surface area contributed by atoms with Crippen LogP contribution in [0.4, 0.5) is 5.69 Å². The number of esters is 1. The molecule has 0 amide bonds. The molecule has 20 heavy (non-hydrogen) atoms. The van der Waals surface area contributed by atoms with Gasteiger partial charge in [0.2, 0.25) is 0 Å². The highest BCUT2D eigenvalue weighted by Gasteiger charge is 2.19. The minimum atomic E-state index is -0.338. The van der Waals surface area contributed by atoms with Crippen molar-refractivity contribution in [2.45, 2.75) is 34.6 Å². The van der Waals surface area contributed by atoms with E-state index in [1.165, 1.54) is 0 Å². The van der Waals surface area contributed by atoms with Crippen molar-refractivity contribution in [3.05, 3.63) is 34.0 Å². The van der Waals surface area contributed by atoms with E-state index in [0.29, 0.717) is 23.6 Å². The number of anilines is 1. The van der Waals surface area contributed by atoms with Crippen LogP contribution in [0.3, 0.4) is 0 Å². The van der Waals surface area contributed by atoms with Crippen molar-refractivity contribution in [1.82, 2.24) is 4.98 Å². The van der Waals surface area contributed by atoms with Gasteiger partial charge in [0.05, 0.1) is 23.4 Å². The second-order valence-corrected chi connectivity index (χ2v) is 5.04. The summed E-state index contributed by atoms with van der Waals surface area (Å²) in [5, 5.41) is 0.849. The molecule has 0 unspecified atom stereocenters. The molecule has 0 bridgehead atoms. The molecule has 0 atom stereocenters. The summed E-state index contributed by atoms with van der Waals surface area (Å²) in [5.74, 6) is -0.338. The van der Waals surface area contributed by atoms with E-state index in [1.807, 2.05) is 33.8 Å². The fourth-order valence-corrected chi connectivity index (χ4v) is 2.54. The average molecular weight is 272 g/mol. The Morgan fingerprint density at radius 1 is 1.25 bits per heavy atom. The zero-order valence-electron chi connectivity index (χ0n) is 12.6. The van der Waals surface area contributed by atoms with Gasteiger partial charge in [0, 0.05) is 11.1 Å². The third-order valence-electron chi connectivity index (χ3n) is 3.75. The van der Waals surface area contributed by atoms with Crippen LogP contribution in [-0.2, 0) is 4.74 Å². The van der Waals surface area contributed by atoms with Crippen molar-refractivity contribution in [2.24, 2.45) is 0 Å². The number of aromatic nitrogens is 1. The molecule has 0 fully saturated rings. The predicted octanol–water partition coefficient (Wildman–Crippen LogP) is 3.23. The second kappa shape index (κ2) is 5.12. The first kappa shape index (κ1) is 14.3. The molecule has 2 N–H and O–H groups in total. The number of pyridine rings is 1. The van der Waals surface area contributed by atoms with Gasteiger partial charge in [0.15, 0.2) is 0 Å². The van der Waals surface area contributed by atoms with Gasteiger partial charge in [-0.25, -0.2) is 4.79 Å². The molecular formula is C16H20N2O2. The van der Waals surface area contributed by atoms with Gasteiger partial charge < -0.3 is 10.5 Å². The molecule has 106 valence electrons. The fourth-order valence-electron chi connectivity index (χ4n) is 2.54. The number of ether oxygens (including phenoxy) is 1. The molecule has 1 heterocycles. The van der Waals surface area contributed by atoms with Crippen molar-refractivity contribution in [1.29, 1.82) is 0 Å². The van der Waals surface area contributed by atoms with E-state index in [9.17, 15) is 4.79 Å². The van der Waals surface area contributed by atoms with E-state index in [4.69, 9.17) is 10.5 Å². The summed E-state index contributed by atoms with van der Waals surface area (Å²) in [6.45, 7) is 9.85. The first-order chi connectivity index (χ1) is 9.38. The molecule has 2 aromatic rings. The van der Waals surface area contributed by atoms with Crippen LogP contribution in [0.2, 0.25) is 0 Å². The first-order valence-electron chi connectivity index (χ1n) is 6.72. The Bertz CT molecular complexity index is 706. The minimum Gasteiger partial charge on any atom is -0.462 e. The lowest BCUT2D eigenvalue weighted by Crippen LogP contribution is -2.11. The van der Waals surface area contributed by atoms with E-state index in [0.717, 1.165) is 27.6 Å². The molecule has 0 aliphatic rings. The van der Waals surface area contributed by atoms with Crippen molar-refractivity contribution >= 4 is 22.6 Å². The number of benzene rings is 1. The third-order valence-corrected chi connectivity index (χ3v) is 3.75. The Hall–Kier alpha value is -2.10. The molecular weight excluding hydrogens is 252 g/mol. The first-order valence-corrected chi connectivity index (χ1v) is 6.72. The van der Waals surface area contributed by atoms with Crippen molar-refractivity contribution in [3.8, 4) is 0 Å². The average Bonchev–Trinajstić information content (AvgIpc) is 2.35. The number of hydrogen-bond acceptors (Lipinski definition) is 4. The van der Waals surface area contributed by atoms with Gasteiger partial charge in [-0.05, 0) is 57.4 Å². The molecule has 0 aliphatic heterocycles. The zero-order chi connectivity index (χ0) is 15.0. The number of nitrogens with two attached hydrogens (primary N) is 1. The Morgan fingerprint density at radius 3 is 2.50 bits per heavy atom. The van der Waals surface area contributed by atoms with Crippen molar-refractivity contribution < 1.29 is 9.53 Å². The van der Waals surface area contributed by atoms with E-state index >= 15 is 0 Å². The lowest BCUT2D eigenvalue weighted by Gasteiger charge is -2.15. The molecule has 0 saturated carbocycles. The maximum atomic E-state index is 12.1. The number of fused-ring (bicyclic) bond motifs is 1. The summed E-state index contributed by atoms with van der Waals surface area (Å²) >= 11 is 0. The van der Waals surface area contributed by atoms with Crippen molar-refractivity contribution in [2.75, 3.05) is 12.3 Å². The van der Waals surface area contributed by atoms with Crippen LogP contribution < -0.4 is 5.73 Å². The van der Waals surface area contributed by atoms with Crippen LogP contribution >= 0.6 is 0 Å². The maximum absolute atomic E-state index is 12.1. The Kier molecular flexibility index (Phi) is 3.66. The number of carbonyl (C=O) groups excluding carboxylic acids is 1. The van der Waals surface area contributed by atoms with Crippen LogP contribution in [0.5, 0.6) is 0 Å². The highest BCUT2D eigenvalue weighted by Crippen LogP contribution is 2.32. The quantitative estimate of drug-likeness (QED) is 0.673. The van der Waals surface area contributed by atoms with Gasteiger partial charge in [-0.15, -0.1) is 0 Å². The van der Waals surface area contributed by atoms with E-state index in [1.54, 1.807) is 6.92 Å². The standard InChI is InChI=1S/C16H20N2O2/c1-6-20-16(19)13-10(4)14-12(18-11(13)5)7-8(2)9(3)15(14)17/h7H,6,17H2,1-5H3. The third kappa shape index (κ3) is 2.11. The summed E-state index contributed by atoms with van der Waals surface area (Å²) in [5.41, 5.74) is 11.9. The highest BCUT2D eigenvalue weighted by molar-refractivity contribution is 6.03. The Labute approximate surface area is 119 Å². The number of hydrogen-bond donors (Lipinski definition) is 1. The molecule has 0 aliphatic carbocycles. The van der Waals surface area contributed by atoms with Gasteiger partial charge in [-0.1, -0.05) is 0 Å².